The first-order valence-corrected chi connectivity index (χ1v) is 8.85. The lowest BCUT2D eigenvalue weighted by Crippen LogP contribution is -2.45. The minimum atomic E-state index is -0.259. The van der Waals surface area contributed by atoms with Crippen molar-refractivity contribution in [3.63, 3.8) is 0 Å². The van der Waals surface area contributed by atoms with Crippen LogP contribution in [-0.4, -0.2) is 25.4 Å². The molecule has 1 aliphatic heterocycles. The van der Waals surface area contributed by atoms with Crippen molar-refractivity contribution in [1.29, 1.82) is 0 Å². The number of methoxy groups -OCH3 is 1. The van der Waals surface area contributed by atoms with E-state index in [4.69, 9.17) is 4.74 Å². The van der Waals surface area contributed by atoms with Crippen LogP contribution in [0, 0.1) is 5.82 Å². The third-order valence-electron chi connectivity index (χ3n) is 4.84. The second-order valence-electron chi connectivity index (χ2n) is 7.07. The van der Waals surface area contributed by atoms with E-state index in [9.17, 15) is 4.39 Å². The van der Waals surface area contributed by atoms with E-state index in [1.807, 2.05) is 30.3 Å². The number of likely N-dealkylation sites (N-methyl/N-ethyl adjacent to an activating group) is 1. The molecule has 1 aliphatic rings. The van der Waals surface area contributed by atoms with Crippen molar-refractivity contribution in [3.05, 3.63) is 59.4 Å². The second-order valence-corrected chi connectivity index (χ2v) is 7.07. The van der Waals surface area contributed by atoms with Gasteiger partial charge in [0.2, 0.25) is 0 Å². The lowest BCUT2D eigenvalue weighted by molar-refractivity contribution is 0.415. The van der Waals surface area contributed by atoms with E-state index in [0.29, 0.717) is 5.56 Å². The summed E-state index contributed by atoms with van der Waals surface area (Å²) >= 11 is 0. The van der Waals surface area contributed by atoms with E-state index in [0.717, 1.165) is 34.8 Å². The fraction of sp³-hybridized carbons (Fsp3) is 0.318. The van der Waals surface area contributed by atoms with Gasteiger partial charge in [0.1, 0.15) is 11.6 Å². The van der Waals surface area contributed by atoms with Crippen LogP contribution >= 0.6 is 0 Å². The van der Waals surface area contributed by atoms with E-state index in [2.05, 4.69) is 43.7 Å². The Bertz CT molecular complexity index is 866. The zero-order valence-corrected chi connectivity index (χ0v) is 16.0. The minimum absolute atomic E-state index is 0.128. The zero-order chi connectivity index (χ0) is 18.9. The van der Waals surface area contributed by atoms with Gasteiger partial charge in [0.15, 0.2) is 0 Å². The van der Waals surface area contributed by atoms with Crippen LogP contribution < -0.4 is 9.64 Å². The highest BCUT2D eigenvalue weighted by Gasteiger charge is 2.30. The molecule has 4 heteroatoms. The Labute approximate surface area is 154 Å². The average molecular weight is 352 g/mol. The van der Waals surface area contributed by atoms with Crippen molar-refractivity contribution in [2.24, 2.45) is 4.99 Å². The topological polar surface area (TPSA) is 24.8 Å². The first-order valence-electron chi connectivity index (χ1n) is 8.85. The molecule has 3 rings (SSSR count). The van der Waals surface area contributed by atoms with Crippen molar-refractivity contribution in [1.82, 2.24) is 0 Å². The van der Waals surface area contributed by atoms with Crippen molar-refractivity contribution in [2.45, 2.75) is 33.2 Å². The van der Waals surface area contributed by atoms with Gasteiger partial charge in [0.25, 0.3) is 0 Å². The van der Waals surface area contributed by atoms with Crippen LogP contribution in [0.5, 0.6) is 5.75 Å². The predicted octanol–water partition coefficient (Wildman–Crippen LogP) is 5.61. The number of hydrogen-bond acceptors (Lipinski definition) is 3. The van der Waals surface area contributed by atoms with Gasteiger partial charge in [-0.3, -0.25) is 4.99 Å². The normalized spacial score (nSPS) is 15.8. The van der Waals surface area contributed by atoms with Gasteiger partial charge in [-0.1, -0.05) is 6.08 Å². The Morgan fingerprint density at radius 2 is 1.88 bits per heavy atom. The van der Waals surface area contributed by atoms with Crippen LogP contribution in [0.1, 0.15) is 38.8 Å². The lowest BCUT2D eigenvalue weighted by atomic mass is 9.88. The van der Waals surface area contributed by atoms with Crippen LogP contribution in [0.3, 0.4) is 0 Å². The maximum atomic E-state index is 14.7. The van der Waals surface area contributed by atoms with E-state index in [1.165, 1.54) is 0 Å². The standard InChI is InChI=1S/C22H25FN2O/c1-6-25-21-12-20(23)16(11-19(21)15(2)13-22(25,3)4)14-24-17-7-9-18(26-5)10-8-17/h7-14H,6H2,1-5H3. The van der Waals surface area contributed by atoms with Crippen molar-refractivity contribution >= 4 is 23.2 Å². The van der Waals surface area contributed by atoms with E-state index < -0.39 is 0 Å². The summed E-state index contributed by atoms with van der Waals surface area (Å²) in [4.78, 5) is 6.63. The Kier molecular flexibility index (Phi) is 4.86. The monoisotopic (exact) mass is 352 g/mol. The fourth-order valence-electron chi connectivity index (χ4n) is 3.60. The summed E-state index contributed by atoms with van der Waals surface area (Å²) < 4.78 is 19.9. The van der Waals surface area contributed by atoms with Gasteiger partial charge in [0, 0.05) is 29.6 Å². The summed E-state index contributed by atoms with van der Waals surface area (Å²) in [6.07, 6.45) is 3.82. The molecule has 0 bridgehead atoms. The molecule has 1 heterocycles. The molecular weight excluding hydrogens is 327 g/mol. The van der Waals surface area contributed by atoms with Crippen LogP contribution in [0.4, 0.5) is 15.8 Å². The molecule has 3 nitrogen and oxygen atoms in total. The van der Waals surface area contributed by atoms with Gasteiger partial charge >= 0.3 is 0 Å². The quantitative estimate of drug-likeness (QED) is 0.669. The molecule has 0 saturated heterocycles. The number of halogens is 1. The maximum absolute atomic E-state index is 14.7. The Balaban J connectivity index is 1.98. The molecular formula is C22H25FN2O. The van der Waals surface area contributed by atoms with Gasteiger partial charge in [-0.2, -0.15) is 0 Å². The highest BCUT2D eigenvalue weighted by atomic mass is 19.1. The molecule has 0 radical (unpaired) electrons. The van der Waals surface area contributed by atoms with Crippen molar-refractivity contribution < 1.29 is 9.13 Å². The Morgan fingerprint density at radius 3 is 2.50 bits per heavy atom. The summed E-state index contributed by atoms with van der Waals surface area (Å²) in [7, 11) is 1.62. The van der Waals surface area contributed by atoms with Crippen molar-refractivity contribution in [3.8, 4) is 5.75 Å². The minimum Gasteiger partial charge on any atom is -0.497 e. The van der Waals surface area contributed by atoms with E-state index in [1.54, 1.807) is 19.4 Å². The Morgan fingerprint density at radius 1 is 1.19 bits per heavy atom. The molecule has 2 aromatic rings. The molecule has 0 aliphatic carbocycles. The maximum Gasteiger partial charge on any atom is 0.134 e. The van der Waals surface area contributed by atoms with Gasteiger partial charge in [0.05, 0.1) is 18.3 Å². The van der Waals surface area contributed by atoms with E-state index in [-0.39, 0.29) is 11.4 Å². The molecule has 0 aromatic heterocycles. The smallest absolute Gasteiger partial charge is 0.134 e. The molecule has 136 valence electrons. The Hall–Kier alpha value is -2.62. The molecule has 0 amide bonds. The summed E-state index contributed by atoms with van der Waals surface area (Å²) in [5.74, 6) is 0.511. The average Bonchev–Trinajstić information content (AvgIpc) is 2.60. The van der Waals surface area contributed by atoms with Crippen LogP contribution in [0.2, 0.25) is 0 Å². The number of nitrogens with zero attached hydrogens (tertiary/aromatic N) is 2. The molecule has 0 unspecified atom stereocenters. The van der Waals surface area contributed by atoms with Gasteiger partial charge < -0.3 is 9.64 Å². The molecule has 26 heavy (non-hydrogen) atoms. The van der Waals surface area contributed by atoms with Crippen LogP contribution in [-0.2, 0) is 0 Å². The van der Waals surface area contributed by atoms with Crippen molar-refractivity contribution in [2.75, 3.05) is 18.6 Å². The number of benzene rings is 2. The third kappa shape index (κ3) is 3.36. The lowest BCUT2D eigenvalue weighted by Gasteiger charge is -2.42. The van der Waals surface area contributed by atoms with Gasteiger partial charge in [-0.05, 0) is 69.7 Å². The molecule has 0 atom stereocenters. The molecule has 0 N–H and O–H groups in total. The number of anilines is 1. The summed E-state index contributed by atoms with van der Waals surface area (Å²) in [5, 5.41) is 0. The summed E-state index contributed by atoms with van der Waals surface area (Å²) in [6, 6.07) is 10.9. The number of allylic oxidation sites excluding steroid dienone is 1. The number of rotatable bonds is 4. The molecule has 0 saturated carbocycles. The summed E-state index contributed by atoms with van der Waals surface area (Å²) in [6.45, 7) is 9.30. The first kappa shape index (κ1) is 18.2. The van der Waals surface area contributed by atoms with Gasteiger partial charge in [-0.25, -0.2) is 4.39 Å². The van der Waals surface area contributed by atoms with E-state index >= 15 is 0 Å². The highest BCUT2D eigenvalue weighted by molar-refractivity contribution is 5.89. The summed E-state index contributed by atoms with van der Waals surface area (Å²) in [5.41, 5.74) is 4.28. The number of ether oxygens (including phenoxy) is 1. The first-order chi connectivity index (χ1) is 12.4. The number of fused-ring (bicyclic) bond motifs is 1. The number of hydrogen-bond donors (Lipinski definition) is 0. The predicted molar refractivity (Wildman–Crippen MR) is 107 cm³/mol. The fourth-order valence-corrected chi connectivity index (χ4v) is 3.60. The highest BCUT2D eigenvalue weighted by Crippen LogP contribution is 2.39. The van der Waals surface area contributed by atoms with Crippen LogP contribution in [0.25, 0.3) is 5.57 Å². The number of aliphatic imine (C=N–C) groups is 1. The van der Waals surface area contributed by atoms with Crippen LogP contribution in [0.15, 0.2) is 47.5 Å². The molecule has 0 fully saturated rings. The third-order valence-corrected chi connectivity index (χ3v) is 4.84. The SMILES string of the molecule is CCN1c2cc(F)c(C=Nc3ccc(OC)cc3)cc2C(C)=CC1(C)C. The second kappa shape index (κ2) is 6.94. The molecule has 2 aromatic carbocycles. The zero-order valence-electron chi connectivity index (χ0n) is 16.0. The van der Waals surface area contributed by atoms with Gasteiger partial charge in [-0.15, -0.1) is 0 Å². The molecule has 0 spiro atoms. The largest absolute Gasteiger partial charge is 0.497 e.